The predicted molar refractivity (Wildman–Crippen MR) is 72.5 cm³/mol. The molecule has 0 spiro atoms. The third-order valence-corrected chi connectivity index (χ3v) is 2.62. The van der Waals surface area contributed by atoms with Crippen molar-refractivity contribution >= 4 is 0 Å². The maximum Gasteiger partial charge on any atom is 0.203 e. The summed E-state index contributed by atoms with van der Waals surface area (Å²) in [6, 6.07) is 3.46. The van der Waals surface area contributed by atoms with Gasteiger partial charge in [0.05, 0.1) is 33.5 Å². The average Bonchev–Trinajstić information content (AvgIpc) is 2.35. The van der Waals surface area contributed by atoms with Crippen molar-refractivity contribution in [1.82, 2.24) is 0 Å². The minimum absolute atomic E-state index is 0.405. The molecule has 0 radical (unpaired) electrons. The molecular weight excluding hydrogens is 248 g/mol. The Morgan fingerprint density at radius 1 is 1.00 bits per heavy atom. The lowest BCUT2D eigenvalue weighted by atomic mass is 10.1. The van der Waals surface area contributed by atoms with Gasteiger partial charge in [-0.3, -0.25) is 0 Å². The summed E-state index contributed by atoms with van der Waals surface area (Å²) < 4.78 is 21.3. The summed E-state index contributed by atoms with van der Waals surface area (Å²) >= 11 is 0. The van der Waals surface area contributed by atoms with Crippen molar-refractivity contribution in [1.29, 1.82) is 0 Å². The highest BCUT2D eigenvalue weighted by molar-refractivity contribution is 5.55. The smallest absolute Gasteiger partial charge is 0.203 e. The van der Waals surface area contributed by atoms with E-state index in [2.05, 4.69) is 0 Å². The van der Waals surface area contributed by atoms with E-state index in [4.69, 9.17) is 18.9 Å². The molecular formula is C14H22O5. The topological polar surface area (TPSA) is 57.2 Å². The Bertz CT molecular complexity index is 384. The Morgan fingerprint density at radius 2 is 1.53 bits per heavy atom. The molecule has 0 heterocycles. The van der Waals surface area contributed by atoms with Crippen LogP contribution in [0.1, 0.15) is 20.3 Å². The highest BCUT2D eigenvalue weighted by Gasteiger charge is 2.15. The summed E-state index contributed by atoms with van der Waals surface area (Å²) in [4.78, 5) is 0. The minimum Gasteiger partial charge on any atom is -0.493 e. The van der Waals surface area contributed by atoms with Crippen LogP contribution in [0, 0.1) is 0 Å². The lowest BCUT2D eigenvalue weighted by molar-refractivity contribution is 0.0553. The fraction of sp³-hybridized carbons (Fsp3) is 0.571. The number of rotatable bonds is 7. The average molecular weight is 270 g/mol. The fourth-order valence-electron chi connectivity index (χ4n) is 1.56. The molecule has 19 heavy (non-hydrogen) atoms. The molecule has 0 saturated carbocycles. The van der Waals surface area contributed by atoms with Gasteiger partial charge in [-0.2, -0.15) is 0 Å². The van der Waals surface area contributed by atoms with Crippen LogP contribution < -0.4 is 18.9 Å². The van der Waals surface area contributed by atoms with E-state index in [0.717, 1.165) is 0 Å². The van der Waals surface area contributed by atoms with Crippen molar-refractivity contribution in [3.63, 3.8) is 0 Å². The molecule has 0 aromatic heterocycles. The van der Waals surface area contributed by atoms with Gasteiger partial charge in [0.15, 0.2) is 11.5 Å². The van der Waals surface area contributed by atoms with Crippen LogP contribution in [0.3, 0.4) is 0 Å². The molecule has 1 aromatic carbocycles. The van der Waals surface area contributed by atoms with Gasteiger partial charge < -0.3 is 24.1 Å². The maximum atomic E-state index is 9.63. The summed E-state index contributed by atoms with van der Waals surface area (Å²) in [5, 5.41) is 9.63. The zero-order chi connectivity index (χ0) is 14.5. The molecule has 1 rings (SSSR count). The van der Waals surface area contributed by atoms with Crippen LogP contribution in [0.25, 0.3) is 0 Å². The molecule has 0 aliphatic rings. The second kappa shape index (κ2) is 6.52. The monoisotopic (exact) mass is 270 g/mol. The second-order valence-corrected chi connectivity index (χ2v) is 4.77. The first-order chi connectivity index (χ1) is 8.91. The maximum absolute atomic E-state index is 9.63. The molecule has 0 amide bonds. The Morgan fingerprint density at radius 3 is 1.89 bits per heavy atom. The van der Waals surface area contributed by atoms with Crippen LogP contribution in [0.2, 0.25) is 0 Å². The number of benzene rings is 1. The Labute approximate surface area is 114 Å². The first kappa shape index (κ1) is 15.4. The van der Waals surface area contributed by atoms with E-state index < -0.39 is 5.60 Å². The molecule has 1 N–H and O–H groups in total. The molecule has 0 aliphatic carbocycles. The summed E-state index contributed by atoms with van der Waals surface area (Å²) in [6.07, 6.45) is 0.531. The number of hydrogen-bond acceptors (Lipinski definition) is 5. The predicted octanol–water partition coefficient (Wildman–Crippen LogP) is 2.25. The third-order valence-electron chi connectivity index (χ3n) is 2.62. The standard InChI is InChI=1S/C14H22O5/c1-14(2,15)6-7-19-10-8-11(16-3)13(18-5)12(9-10)17-4/h8-9,15H,6-7H2,1-5H3. The normalized spacial score (nSPS) is 11.1. The van der Waals surface area contributed by atoms with E-state index in [0.29, 0.717) is 36.0 Å². The molecule has 1 aromatic rings. The van der Waals surface area contributed by atoms with E-state index in [9.17, 15) is 5.11 Å². The van der Waals surface area contributed by atoms with Gasteiger partial charge in [-0.15, -0.1) is 0 Å². The summed E-state index contributed by atoms with van der Waals surface area (Å²) in [6.45, 7) is 3.89. The summed E-state index contributed by atoms with van der Waals surface area (Å²) in [5.74, 6) is 2.22. The largest absolute Gasteiger partial charge is 0.493 e. The molecule has 0 bridgehead atoms. The van der Waals surface area contributed by atoms with Gasteiger partial charge in [0, 0.05) is 18.6 Å². The van der Waals surface area contributed by atoms with Gasteiger partial charge in [-0.1, -0.05) is 0 Å². The summed E-state index contributed by atoms with van der Waals surface area (Å²) in [5.41, 5.74) is -0.749. The second-order valence-electron chi connectivity index (χ2n) is 4.77. The number of methoxy groups -OCH3 is 3. The molecule has 108 valence electrons. The van der Waals surface area contributed by atoms with Crippen LogP contribution >= 0.6 is 0 Å². The fourth-order valence-corrected chi connectivity index (χ4v) is 1.56. The molecule has 0 atom stereocenters. The van der Waals surface area contributed by atoms with Crippen molar-refractivity contribution in [2.24, 2.45) is 0 Å². The van der Waals surface area contributed by atoms with Crippen LogP contribution in [-0.4, -0.2) is 38.6 Å². The van der Waals surface area contributed by atoms with Gasteiger partial charge in [0.1, 0.15) is 5.75 Å². The highest BCUT2D eigenvalue weighted by atomic mass is 16.5. The highest BCUT2D eigenvalue weighted by Crippen LogP contribution is 2.40. The van der Waals surface area contributed by atoms with Crippen LogP contribution in [-0.2, 0) is 0 Å². The van der Waals surface area contributed by atoms with E-state index >= 15 is 0 Å². The molecule has 0 unspecified atom stereocenters. The lowest BCUT2D eigenvalue weighted by Gasteiger charge is -2.18. The number of aliphatic hydroxyl groups is 1. The zero-order valence-electron chi connectivity index (χ0n) is 12.1. The van der Waals surface area contributed by atoms with Crippen molar-refractivity contribution < 1.29 is 24.1 Å². The van der Waals surface area contributed by atoms with Crippen molar-refractivity contribution in [2.45, 2.75) is 25.9 Å². The van der Waals surface area contributed by atoms with Crippen LogP contribution in [0.5, 0.6) is 23.0 Å². The molecule has 0 fully saturated rings. The number of ether oxygens (including phenoxy) is 4. The quantitative estimate of drug-likeness (QED) is 0.823. The first-order valence-electron chi connectivity index (χ1n) is 6.06. The van der Waals surface area contributed by atoms with E-state index in [1.54, 1.807) is 47.3 Å². The molecule has 5 heteroatoms. The first-order valence-corrected chi connectivity index (χ1v) is 6.06. The van der Waals surface area contributed by atoms with Crippen molar-refractivity contribution in [3.05, 3.63) is 12.1 Å². The van der Waals surface area contributed by atoms with Crippen molar-refractivity contribution in [2.75, 3.05) is 27.9 Å². The van der Waals surface area contributed by atoms with E-state index in [-0.39, 0.29) is 0 Å². The minimum atomic E-state index is -0.749. The van der Waals surface area contributed by atoms with Gasteiger partial charge in [0.2, 0.25) is 5.75 Å². The zero-order valence-corrected chi connectivity index (χ0v) is 12.1. The lowest BCUT2D eigenvalue weighted by Crippen LogP contribution is -2.21. The third kappa shape index (κ3) is 4.52. The Balaban J connectivity index is 2.85. The van der Waals surface area contributed by atoms with Gasteiger partial charge in [-0.25, -0.2) is 0 Å². The molecule has 5 nitrogen and oxygen atoms in total. The SMILES string of the molecule is COc1cc(OCCC(C)(C)O)cc(OC)c1OC. The van der Waals surface area contributed by atoms with Gasteiger partial charge in [0.25, 0.3) is 0 Å². The molecule has 0 aliphatic heterocycles. The van der Waals surface area contributed by atoms with Crippen LogP contribution in [0.4, 0.5) is 0 Å². The Hall–Kier alpha value is -1.62. The van der Waals surface area contributed by atoms with Crippen molar-refractivity contribution in [3.8, 4) is 23.0 Å². The van der Waals surface area contributed by atoms with Gasteiger partial charge in [-0.05, 0) is 13.8 Å². The van der Waals surface area contributed by atoms with E-state index in [1.165, 1.54) is 0 Å². The number of hydrogen-bond donors (Lipinski definition) is 1. The van der Waals surface area contributed by atoms with Gasteiger partial charge >= 0.3 is 0 Å². The Kier molecular flexibility index (Phi) is 5.30. The van der Waals surface area contributed by atoms with Crippen LogP contribution in [0.15, 0.2) is 12.1 Å². The molecule has 0 saturated heterocycles. The van der Waals surface area contributed by atoms with E-state index in [1.807, 2.05) is 0 Å². The summed E-state index contributed by atoms with van der Waals surface area (Å²) in [7, 11) is 4.66.